The molecule has 5 nitrogen and oxygen atoms in total. The Morgan fingerprint density at radius 2 is 2.06 bits per heavy atom. The molecular formula is C12H16N2O3S. The summed E-state index contributed by atoms with van der Waals surface area (Å²) in [6, 6.07) is 4.67. The Kier molecular flexibility index (Phi) is 4.91. The molecule has 0 bridgehead atoms. The van der Waals surface area contributed by atoms with Crippen LogP contribution in [0.4, 0.5) is 0 Å². The first kappa shape index (κ1) is 14.2. The van der Waals surface area contributed by atoms with Gasteiger partial charge in [-0.3, -0.25) is 4.79 Å². The number of rotatable bonds is 5. The van der Waals surface area contributed by atoms with Gasteiger partial charge in [-0.25, -0.2) is 0 Å². The van der Waals surface area contributed by atoms with E-state index in [1.165, 1.54) is 14.0 Å². The second-order valence-corrected chi connectivity index (χ2v) is 4.12. The molecular weight excluding hydrogens is 252 g/mol. The Morgan fingerprint density at radius 3 is 2.50 bits per heavy atom. The molecule has 1 amide bonds. The highest BCUT2D eigenvalue weighted by atomic mass is 32.1. The molecule has 1 aromatic carbocycles. The number of hydrogen-bond donors (Lipinski definition) is 2. The smallest absolute Gasteiger partial charge is 0.217 e. The Balaban J connectivity index is 3.18. The quantitative estimate of drug-likeness (QED) is 0.784. The summed E-state index contributed by atoms with van der Waals surface area (Å²) < 4.78 is 10.4. The fourth-order valence-electron chi connectivity index (χ4n) is 1.56. The van der Waals surface area contributed by atoms with Crippen molar-refractivity contribution in [2.24, 2.45) is 5.73 Å². The van der Waals surface area contributed by atoms with Gasteiger partial charge in [-0.15, -0.1) is 0 Å². The van der Waals surface area contributed by atoms with Gasteiger partial charge in [-0.05, 0) is 12.1 Å². The molecule has 3 N–H and O–H groups in total. The van der Waals surface area contributed by atoms with Crippen molar-refractivity contribution in [1.82, 2.24) is 5.32 Å². The van der Waals surface area contributed by atoms with Gasteiger partial charge in [0.15, 0.2) is 0 Å². The van der Waals surface area contributed by atoms with E-state index in [4.69, 9.17) is 27.4 Å². The van der Waals surface area contributed by atoms with Gasteiger partial charge in [0.1, 0.15) is 22.5 Å². The van der Waals surface area contributed by atoms with Crippen LogP contribution in [-0.2, 0) is 4.79 Å². The van der Waals surface area contributed by atoms with Crippen molar-refractivity contribution in [2.75, 3.05) is 14.2 Å². The first-order valence-electron chi connectivity index (χ1n) is 5.28. The Bertz CT molecular complexity index is 463. The second kappa shape index (κ2) is 6.20. The molecule has 0 fully saturated rings. The Morgan fingerprint density at radius 1 is 1.39 bits per heavy atom. The number of benzene rings is 1. The Hall–Kier alpha value is -1.82. The lowest BCUT2D eigenvalue weighted by atomic mass is 10.1. The molecule has 0 spiro atoms. The Labute approximate surface area is 111 Å². The third-order valence-electron chi connectivity index (χ3n) is 2.38. The average molecular weight is 268 g/mol. The molecule has 1 unspecified atom stereocenters. The summed E-state index contributed by atoms with van der Waals surface area (Å²) in [5.41, 5.74) is 6.34. The minimum atomic E-state index is -0.557. The number of ether oxygens (including phenoxy) is 2. The van der Waals surface area contributed by atoms with Gasteiger partial charge in [0.25, 0.3) is 0 Å². The zero-order valence-corrected chi connectivity index (χ0v) is 11.3. The van der Waals surface area contributed by atoms with Gasteiger partial charge >= 0.3 is 0 Å². The summed E-state index contributed by atoms with van der Waals surface area (Å²) in [6.45, 7) is 1.40. The van der Waals surface area contributed by atoms with Crippen LogP contribution < -0.4 is 20.5 Å². The van der Waals surface area contributed by atoms with Gasteiger partial charge in [-0.1, -0.05) is 12.2 Å². The molecule has 1 aromatic rings. The molecule has 6 heteroatoms. The molecule has 0 aliphatic carbocycles. The van der Waals surface area contributed by atoms with Gasteiger partial charge < -0.3 is 20.5 Å². The zero-order chi connectivity index (χ0) is 13.7. The van der Waals surface area contributed by atoms with E-state index in [9.17, 15) is 4.79 Å². The van der Waals surface area contributed by atoms with Crippen LogP contribution in [-0.4, -0.2) is 25.1 Å². The lowest BCUT2D eigenvalue weighted by Gasteiger charge is -2.20. The number of carbonyl (C=O) groups is 1. The van der Waals surface area contributed by atoms with Crippen LogP contribution in [0.5, 0.6) is 11.5 Å². The molecule has 0 aliphatic heterocycles. The summed E-state index contributed by atoms with van der Waals surface area (Å²) >= 11 is 4.96. The van der Waals surface area contributed by atoms with Crippen LogP contribution in [0.3, 0.4) is 0 Å². The number of carbonyl (C=O) groups excluding carboxylic acids is 1. The highest BCUT2D eigenvalue weighted by Gasteiger charge is 2.20. The molecule has 0 heterocycles. The predicted octanol–water partition coefficient (Wildman–Crippen LogP) is 1.17. The maximum Gasteiger partial charge on any atom is 0.217 e. The monoisotopic (exact) mass is 268 g/mol. The van der Waals surface area contributed by atoms with Gasteiger partial charge in [0.2, 0.25) is 5.91 Å². The van der Waals surface area contributed by atoms with E-state index in [-0.39, 0.29) is 10.9 Å². The van der Waals surface area contributed by atoms with E-state index in [2.05, 4.69) is 5.32 Å². The lowest BCUT2D eigenvalue weighted by molar-refractivity contribution is -0.119. The predicted molar refractivity (Wildman–Crippen MR) is 72.9 cm³/mol. The first-order chi connectivity index (χ1) is 8.49. The summed E-state index contributed by atoms with van der Waals surface area (Å²) in [7, 11) is 3.09. The molecule has 98 valence electrons. The van der Waals surface area contributed by atoms with Crippen molar-refractivity contribution >= 4 is 23.1 Å². The summed E-state index contributed by atoms with van der Waals surface area (Å²) in [6.07, 6.45) is 0. The first-order valence-corrected chi connectivity index (χ1v) is 5.68. The average Bonchev–Trinajstić information content (AvgIpc) is 2.34. The van der Waals surface area contributed by atoms with Gasteiger partial charge in [0.05, 0.1) is 14.2 Å². The molecule has 0 aromatic heterocycles. The fourth-order valence-corrected chi connectivity index (χ4v) is 1.75. The fraction of sp³-hybridized carbons (Fsp3) is 0.333. The lowest BCUT2D eigenvalue weighted by Crippen LogP contribution is -2.35. The third-order valence-corrected chi connectivity index (χ3v) is 2.62. The van der Waals surface area contributed by atoms with Crippen molar-refractivity contribution in [3.05, 3.63) is 23.8 Å². The van der Waals surface area contributed by atoms with Crippen LogP contribution >= 0.6 is 12.2 Å². The van der Waals surface area contributed by atoms with Crippen molar-refractivity contribution < 1.29 is 14.3 Å². The molecule has 1 atom stereocenters. The minimum absolute atomic E-state index is 0.175. The van der Waals surface area contributed by atoms with E-state index < -0.39 is 6.04 Å². The van der Waals surface area contributed by atoms with E-state index in [0.29, 0.717) is 17.1 Å². The normalized spacial score (nSPS) is 11.5. The largest absolute Gasteiger partial charge is 0.497 e. The standard InChI is InChI=1S/C12H16N2O3S/c1-7(15)14-11(12(13)18)9-5-4-8(16-2)6-10(9)17-3/h4-6,11H,1-3H3,(H2,13,18)(H,14,15). The molecule has 0 aliphatic rings. The number of nitrogens with one attached hydrogen (secondary N) is 1. The van der Waals surface area contributed by atoms with Crippen molar-refractivity contribution in [2.45, 2.75) is 13.0 Å². The number of hydrogen-bond acceptors (Lipinski definition) is 4. The van der Waals surface area contributed by atoms with Crippen LogP contribution in [0.1, 0.15) is 18.5 Å². The molecule has 0 saturated heterocycles. The highest BCUT2D eigenvalue weighted by Crippen LogP contribution is 2.29. The van der Waals surface area contributed by atoms with E-state index >= 15 is 0 Å². The maximum atomic E-state index is 11.2. The summed E-state index contributed by atoms with van der Waals surface area (Å²) in [4.78, 5) is 11.3. The zero-order valence-electron chi connectivity index (χ0n) is 10.5. The van der Waals surface area contributed by atoms with Crippen LogP contribution in [0, 0.1) is 0 Å². The molecule has 1 rings (SSSR count). The van der Waals surface area contributed by atoms with Crippen LogP contribution in [0.25, 0.3) is 0 Å². The molecule has 18 heavy (non-hydrogen) atoms. The topological polar surface area (TPSA) is 73.6 Å². The van der Waals surface area contributed by atoms with E-state index in [1.54, 1.807) is 25.3 Å². The second-order valence-electron chi connectivity index (χ2n) is 3.64. The minimum Gasteiger partial charge on any atom is -0.497 e. The van der Waals surface area contributed by atoms with Crippen molar-refractivity contribution in [3.63, 3.8) is 0 Å². The van der Waals surface area contributed by atoms with Crippen LogP contribution in [0.2, 0.25) is 0 Å². The van der Waals surface area contributed by atoms with Crippen molar-refractivity contribution in [1.29, 1.82) is 0 Å². The number of nitrogens with two attached hydrogens (primary N) is 1. The maximum absolute atomic E-state index is 11.2. The SMILES string of the molecule is COc1ccc(C(NC(C)=O)C(N)=S)c(OC)c1. The van der Waals surface area contributed by atoms with Crippen LogP contribution in [0.15, 0.2) is 18.2 Å². The number of thiocarbonyl (C=S) groups is 1. The van der Waals surface area contributed by atoms with Crippen molar-refractivity contribution in [3.8, 4) is 11.5 Å². The number of amides is 1. The van der Waals surface area contributed by atoms with Gasteiger partial charge in [-0.2, -0.15) is 0 Å². The third kappa shape index (κ3) is 3.33. The highest BCUT2D eigenvalue weighted by molar-refractivity contribution is 7.80. The summed E-state index contributed by atoms with van der Waals surface area (Å²) in [5, 5.41) is 2.68. The molecule has 0 saturated carbocycles. The van der Waals surface area contributed by atoms with E-state index in [0.717, 1.165) is 0 Å². The number of methoxy groups -OCH3 is 2. The van der Waals surface area contributed by atoms with E-state index in [1.807, 2.05) is 0 Å². The van der Waals surface area contributed by atoms with Gasteiger partial charge in [0, 0.05) is 18.6 Å². The summed E-state index contributed by atoms with van der Waals surface area (Å²) in [5.74, 6) is 0.992. The molecule has 0 radical (unpaired) electrons.